The minimum atomic E-state index is 0.631. The first-order chi connectivity index (χ1) is 7.72. The molecule has 2 heteroatoms. The number of benzene rings is 1. The minimum absolute atomic E-state index is 0.631. The van der Waals surface area contributed by atoms with E-state index in [0.29, 0.717) is 12.6 Å². The van der Waals surface area contributed by atoms with E-state index in [2.05, 4.69) is 43.0 Å². The molecule has 1 aliphatic heterocycles. The molecule has 2 unspecified atom stereocenters. The summed E-state index contributed by atoms with van der Waals surface area (Å²) in [5.74, 6) is 0.787. The zero-order valence-electron chi connectivity index (χ0n) is 10.3. The average molecular weight is 218 g/mol. The maximum atomic E-state index is 5.69. The lowest BCUT2D eigenvalue weighted by atomic mass is 9.91. The Balaban J connectivity index is 2.21. The van der Waals surface area contributed by atoms with Gasteiger partial charge in [0.15, 0.2) is 0 Å². The van der Waals surface area contributed by atoms with Gasteiger partial charge in [-0.3, -0.25) is 0 Å². The Bertz CT molecular complexity index is 348. The van der Waals surface area contributed by atoms with Crippen molar-refractivity contribution in [3.05, 3.63) is 29.8 Å². The molecule has 2 atom stereocenters. The van der Waals surface area contributed by atoms with E-state index in [4.69, 9.17) is 5.73 Å². The molecule has 2 nitrogen and oxygen atoms in total. The summed E-state index contributed by atoms with van der Waals surface area (Å²) in [6.45, 7) is 6.49. The summed E-state index contributed by atoms with van der Waals surface area (Å²) in [4.78, 5) is 2.52. The third-order valence-electron chi connectivity index (χ3n) is 3.85. The first-order valence-electron chi connectivity index (χ1n) is 6.28. The van der Waals surface area contributed by atoms with Crippen molar-refractivity contribution in [1.82, 2.24) is 0 Å². The van der Waals surface area contributed by atoms with Gasteiger partial charge in [-0.2, -0.15) is 0 Å². The molecule has 0 aliphatic carbocycles. The van der Waals surface area contributed by atoms with Gasteiger partial charge in [0.1, 0.15) is 0 Å². The highest BCUT2D eigenvalue weighted by Crippen LogP contribution is 2.28. The van der Waals surface area contributed by atoms with Crippen LogP contribution in [0.15, 0.2) is 24.3 Å². The molecule has 0 amide bonds. The summed E-state index contributed by atoms with van der Waals surface area (Å²) < 4.78 is 0. The van der Waals surface area contributed by atoms with Crippen LogP contribution in [0.3, 0.4) is 0 Å². The lowest BCUT2D eigenvalue weighted by molar-refractivity contribution is 0.363. The van der Waals surface area contributed by atoms with E-state index in [0.717, 1.165) is 5.92 Å². The molecule has 2 rings (SSSR count). The van der Waals surface area contributed by atoms with Crippen LogP contribution in [0.2, 0.25) is 0 Å². The fourth-order valence-corrected chi connectivity index (χ4v) is 2.56. The smallest absolute Gasteiger partial charge is 0.0371 e. The number of piperidine rings is 1. The number of rotatable bonds is 2. The van der Waals surface area contributed by atoms with Crippen LogP contribution in [0.4, 0.5) is 5.69 Å². The second-order valence-corrected chi connectivity index (χ2v) is 4.93. The van der Waals surface area contributed by atoms with Crippen LogP contribution in [-0.2, 0) is 6.54 Å². The predicted octanol–water partition coefficient (Wildman–Crippen LogP) is 2.77. The maximum absolute atomic E-state index is 5.69. The molecule has 88 valence electrons. The van der Waals surface area contributed by atoms with Gasteiger partial charge in [0, 0.05) is 24.8 Å². The Kier molecular flexibility index (Phi) is 3.49. The van der Waals surface area contributed by atoms with Crippen molar-refractivity contribution in [2.75, 3.05) is 11.4 Å². The van der Waals surface area contributed by atoms with E-state index in [-0.39, 0.29) is 0 Å². The second kappa shape index (κ2) is 4.88. The summed E-state index contributed by atoms with van der Waals surface area (Å²) in [6.07, 6.45) is 2.66. The van der Waals surface area contributed by atoms with E-state index >= 15 is 0 Å². The van der Waals surface area contributed by atoms with Gasteiger partial charge in [0.25, 0.3) is 0 Å². The quantitative estimate of drug-likeness (QED) is 0.827. The molecular formula is C14H22N2. The van der Waals surface area contributed by atoms with Gasteiger partial charge in [0.05, 0.1) is 0 Å². The lowest BCUT2D eigenvalue weighted by Crippen LogP contribution is -2.42. The van der Waals surface area contributed by atoms with Gasteiger partial charge in [-0.15, -0.1) is 0 Å². The van der Waals surface area contributed by atoms with Gasteiger partial charge < -0.3 is 10.6 Å². The second-order valence-electron chi connectivity index (χ2n) is 4.93. The molecule has 16 heavy (non-hydrogen) atoms. The van der Waals surface area contributed by atoms with Crippen LogP contribution < -0.4 is 10.6 Å². The van der Waals surface area contributed by atoms with Crippen molar-refractivity contribution in [3.8, 4) is 0 Å². The van der Waals surface area contributed by atoms with Gasteiger partial charge in [0.2, 0.25) is 0 Å². The van der Waals surface area contributed by atoms with Gasteiger partial charge in [-0.1, -0.05) is 19.1 Å². The Morgan fingerprint density at radius 3 is 2.94 bits per heavy atom. The van der Waals surface area contributed by atoms with Crippen LogP contribution in [0.1, 0.15) is 32.3 Å². The normalized spacial score (nSPS) is 25.8. The first-order valence-corrected chi connectivity index (χ1v) is 6.28. The molecule has 1 aliphatic rings. The maximum Gasteiger partial charge on any atom is 0.0371 e. The van der Waals surface area contributed by atoms with Crippen LogP contribution in [0.25, 0.3) is 0 Å². The van der Waals surface area contributed by atoms with E-state index in [1.807, 2.05) is 0 Å². The van der Waals surface area contributed by atoms with Crippen LogP contribution >= 0.6 is 0 Å². The standard InChI is InChI=1S/C14H22N2/c1-11-5-4-8-16(12(11)2)14-7-3-6-13(9-14)10-15/h3,6-7,9,11-12H,4-5,8,10,15H2,1-2H3. The number of anilines is 1. The molecule has 1 aromatic carbocycles. The summed E-state index contributed by atoms with van der Waals surface area (Å²) in [5.41, 5.74) is 8.25. The minimum Gasteiger partial charge on any atom is -0.369 e. The Morgan fingerprint density at radius 2 is 2.19 bits per heavy atom. The molecular weight excluding hydrogens is 196 g/mol. The highest BCUT2D eigenvalue weighted by molar-refractivity contribution is 5.50. The first kappa shape index (κ1) is 11.5. The van der Waals surface area contributed by atoms with E-state index < -0.39 is 0 Å². The number of nitrogens with two attached hydrogens (primary N) is 1. The Labute approximate surface area is 98.4 Å². The Hall–Kier alpha value is -1.02. The fourth-order valence-electron chi connectivity index (χ4n) is 2.56. The topological polar surface area (TPSA) is 29.3 Å². The molecule has 1 aromatic rings. The zero-order chi connectivity index (χ0) is 11.5. The van der Waals surface area contributed by atoms with Crippen molar-refractivity contribution in [3.63, 3.8) is 0 Å². The summed E-state index contributed by atoms with van der Waals surface area (Å²) in [6, 6.07) is 9.29. The van der Waals surface area contributed by atoms with Gasteiger partial charge in [-0.25, -0.2) is 0 Å². The lowest BCUT2D eigenvalue weighted by Gasteiger charge is -2.39. The van der Waals surface area contributed by atoms with Crippen LogP contribution in [0, 0.1) is 5.92 Å². The van der Waals surface area contributed by atoms with Crippen molar-refractivity contribution in [2.24, 2.45) is 11.7 Å². The third-order valence-corrected chi connectivity index (χ3v) is 3.85. The fraction of sp³-hybridized carbons (Fsp3) is 0.571. The highest BCUT2D eigenvalue weighted by Gasteiger charge is 2.24. The van der Waals surface area contributed by atoms with Gasteiger partial charge >= 0.3 is 0 Å². The summed E-state index contributed by atoms with van der Waals surface area (Å²) >= 11 is 0. The van der Waals surface area contributed by atoms with Crippen molar-refractivity contribution >= 4 is 5.69 Å². The van der Waals surface area contributed by atoms with Crippen molar-refractivity contribution < 1.29 is 0 Å². The monoisotopic (exact) mass is 218 g/mol. The zero-order valence-corrected chi connectivity index (χ0v) is 10.3. The molecule has 1 heterocycles. The van der Waals surface area contributed by atoms with Crippen LogP contribution in [0.5, 0.6) is 0 Å². The third kappa shape index (κ3) is 2.22. The molecule has 1 fully saturated rings. The Morgan fingerprint density at radius 1 is 1.38 bits per heavy atom. The SMILES string of the molecule is CC1CCCN(c2cccc(CN)c2)C1C. The van der Waals surface area contributed by atoms with E-state index in [1.165, 1.54) is 30.6 Å². The van der Waals surface area contributed by atoms with Crippen LogP contribution in [-0.4, -0.2) is 12.6 Å². The van der Waals surface area contributed by atoms with E-state index in [1.54, 1.807) is 0 Å². The number of nitrogens with zero attached hydrogens (tertiary/aromatic N) is 1. The summed E-state index contributed by atoms with van der Waals surface area (Å²) in [5, 5.41) is 0. The molecule has 0 aromatic heterocycles. The number of hydrogen-bond acceptors (Lipinski definition) is 2. The number of hydrogen-bond donors (Lipinski definition) is 1. The molecule has 0 spiro atoms. The highest BCUT2D eigenvalue weighted by atomic mass is 15.2. The molecule has 2 N–H and O–H groups in total. The molecule has 1 saturated heterocycles. The molecule has 0 saturated carbocycles. The van der Waals surface area contributed by atoms with Crippen molar-refractivity contribution in [2.45, 2.75) is 39.3 Å². The molecule has 0 bridgehead atoms. The largest absolute Gasteiger partial charge is 0.369 e. The van der Waals surface area contributed by atoms with Gasteiger partial charge in [-0.05, 0) is 43.4 Å². The summed E-state index contributed by atoms with van der Waals surface area (Å²) in [7, 11) is 0. The predicted molar refractivity (Wildman–Crippen MR) is 69.5 cm³/mol. The molecule has 0 radical (unpaired) electrons. The average Bonchev–Trinajstić information content (AvgIpc) is 2.33. The van der Waals surface area contributed by atoms with E-state index in [9.17, 15) is 0 Å². The van der Waals surface area contributed by atoms with Crippen molar-refractivity contribution in [1.29, 1.82) is 0 Å².